The first kappa shape index (κ1) is 15.9. The molecule has 21 heavy (non-hydrogen) atoms. The second kappa shape index (κ2) is 6.98. The van der Waals surface area contributed by atoms with Crippen LogP contribution in [0.2, 0.25) is 0 Å². The maximum Gasteiger partial charge on any atom is 0.257 e. The number of carbonyl (C=O) groups excluding carboxylic acids is 1. The zero-order valence-corrected chi connectivity index (χ0v) is 12.5. The minimum absolute atomic E-state index is 0.0658. The van der Waals surface area contributed by atoms with Gasteiger partial charge in [-0.2, -0.15) is 0 Å². The van der Waals surface area contributed by atoms with Crippen LogP contribution >= 0.6 is 0 Å². The lowest BCUT2D eigenvalue weighted by Crippen LogP contribution is -2.48. The Morgan fingerprint density at radius 2 is 2.14 bits per heavy atom. The molecule has 0 bridgehead atoms. The highest BCUT2D eigenvalue weighted by molar-refractivity contribution is 5.94. The molecule has 2 rings (SSSR count). The molecule has 5 heteroatoms. The molecular weight excluding hydrogens is 274 g/mol. The summed E-state index contributed by atoms with van der Waals surface area (Å²) < 4.78 is 27.1. The third kappa shape index (κ3) is 4.00. The summed E-state index contributed by atoms with van der Waals surface area (Å²) >= 11 is 0. The Labute approximate surface area is 124 Å². The van der Waals surface area contributed by atoms with Gasteiger partial charge in [-0.25, -0.2) is 8.78 Å². The zero-order valence-electron chi connectivity index (χ0n) is 12.5. The molecule has 3 nitrogen and oxygen atoms in total. The number of carbonyl (C=O) groups is 1. The van der Waals surface area contributed by atoms with E-state index in [1.54, 1.807) is 4.90 Å². The van der Waals surface area contributed by atoms with Crippen LogP contribution in [0.3, 0.4) is 0 Å². The van der Waals surface area contributed by atoms with Crippen LogP contribution in [0.1, 0.15) is 43.5 Å². The summed E-state index contributed by atoms with van der Waals surface area (Å²) in [4.78, 5) is 14.1. The average molecular weight is 296 g/mol. The molecule has 1 atom stereocenters. The number of hydrogen-bond donors (Lipinski definition) is 1. The average Bonchev–Trinajstić information content (AvgIpc) is 2.47. The van der Waals surface area contributed by atoms with Gasteiger partial charge in [0.05, 0.1) is 5.56 Å². The lowest BCUT2D eigenvalue weighted by molar-refractivity contribution is 0.0671. The van der Waals surface area contributed by atoms with Crippen molar-refractivity contribution in [3.63, 3.8) is 0 Å². The van der Waals surface area contributed by atoms with E-state index in [1.165, 1.54) is 0 Å². The zero-order chi connectivity index (χ0) is 15.4. The van der Waals surface area contributed by atoms with E-state index in [0.29, 0.717) is 6.54 Å². The Balaban J connectivity index is 2.16. The third-order valence-corrected chi connectivity index (χ3v) is 3.87. The number of rotatable bonds is 4. The Hall–Kier alpha value is -1.49. The molecule has 0 spiro atoms. The van der Waals surface area contributed by atoms with E-state index in [2.05, 4.69) is 5.32 Å². The van der Waals surface area contributed by atoms with Gasteiger partial charge in [0.1, 0.15) is 11.6 Å². The van der Waals surface area contributed by atoms with Gasteiger partial charge in [-0.15, -0.1) is 0 Å². The summed E-state index contributed by atoms with van der Waals surface area (Å²) in [7, 11) is 0. The van der Waals surface area contributed by atoms with Crippen molar-refractivity contribution in [2.24, 2.45) is 0 Å². The summed E-state index contributed by atoms with van der Waals surface area (Å²) in [5.74, 6) is -1.72. The molecule has 1 unspecified atom stereocenters. The molecule has 116 valence electrons. The van der Waals surface area contributed by atoms with Gasteiger partial charge in [-0.05, 0) is 51.4 Å². The van der Waals surface area contributed by atoms with Gasteiger partial charge in [0.2, 0.25) is 0 Å². The molecule has 0 aromatic heterocycles. The van der Waals surface area contributed by atoms with Crippen LogP contribution < -0.4 is 5.32 Å². The molecule has 1 N–H and O–H groups in total. The van der Waals surface area contributed by atoms with Gasteiger partial charge in [0, 0.05) is 18.6 Å². The molecule has 1 aliphatic rings. The number of benzene rings is 1. The number of nitrogens with one attached hydrogen (secondary N) is 1. The Kier molecular flexibility index (Phi) is 5.28. The van der Waals surface area contributed by atoms with E-state index in [-0.39, 0.29) is 17.6 Å². The van der Waals surface area contributed by atoms with Crippen LogP contribution in [-0.4, -0.2) is 36.0 Å². The highest BCUT2D eigenvalue weighted by Crippen LogP contribution is 2.17. The Bertz CT molecular complexity index is 499. The first-order chi connectivity index (χ1) is 9.99. The molecular formula is C16H22F2N2O. The minimum atomic E-state index is -0.677. The first-order valence-electron chi connectivity index (χ1n) is 7.48. The van der Waals surface area contributed by atoms with Crippen molar-refractivity contribution >= 4 is 5.91 Å². The summed E-state index contributed by atoms with van der Waals surface area (Å²) in [5, 5.41) is 3.38. The molecule has 1 aromatic rings. The summed E-state index contributed by atoms with van der Waals surface area (Å²) in [6, 6.07) is 3.15. The van der Waals surface area contributed by atoms with Crippen LogP contribution in [0, 0.1) is 11.6 Å². The number of halogens is 2. The van der Waals surface area contributed by atoms with Crippen molar-refractivity contribution in [3.8, 4) is 0 Å². The minimum Gasteiger partial charge on any atom is -0.335 e. The van der Waals surface area contributed by atoms with Gasteiger partial charge in [-0.3, -0.25) is 4.79 Å². The largest absolute Gasteiger partial charge is 0.335 e. The monoisotopic (exact) mass is 296 g/mol. The van der Waals surface area contributed by atoms with Crippen molar-refractivity contribution in [2.75, 3.05) is 13.1 Å². The predicted molar refractivity (Wildman–Crippen MR) is 78.2 cm³/mol. The Morgan fingerprint density at radius 1 is 1.38 bits per heavy atom. The van der Waals surface area contributed by atoms with Crippen molar-refractivity contribution < 1.29 is 13.6 Å². The summed E-state index contributed by atoms with van der Waals surface area (Å²) in [6.07, 6.45) is 3.28. The van der Waals surface area contributed by atoms with E-state index >= 15 is 0 Å². The van der Waals surface area contributed by atoms with Crippen molar-refractivity contribution in [3.05, 3.63) is 35.4 Å². The molecule has 1 fully saturated rings. The smallest absolute Gasteiger partial charge is 0.257 e. The van der Waals surface area contributed by atoms with Gasteiger partial charge in [0.15, 0.2) is 0 Å². The fourth-order valence-electron chi connectivity index (χ4n) is 2.66. The molecule has 0 saturated carbocycles. The normalized spacial score (nSPS) is 18.8. The van der Waals surface area contributed by atoms with E-state index in [0.717, 1.165) is 44.0 Å². The summed E-state index contributed by atoms with van der Waals surface area (Å²) in [6.45, 7) is 5.24. The second-order valence-corrected chi connectivity index (χ2v) is 5.82. The number of amides is 1. The molecule has 0 radical (unpaired) electrons. The highest BCUT2D eigenvalue weighted by Gasteiger charge is 2.25. The van der Waals surface area contributed by atoms with E-state index in [1.807, 2.05) is 13.8 Å². The topological polar surface area (TPSA) is 32.3 Å². The molecule has 1 saturated heterocycles. The third-order valence-electron chi connectivity index (χ3n) is 3.87. The van der Waals surface area contributed by atoms with Crippen molar-refractivity contribution in [1.82, 2.24) is 10.2 Å². The summed E-state index contributed by atoms with van der Waals surface area (Å²) in [5.41, 5.74) is -0.195. The first-order valence-corrected chi connectivity index (χ1v) is 7.48. The van der Waals surface area contributed by atoms with E-state index < -0.39 is 17.5 Å². The molecule has 0 aliphatic carbocycles. The van der Waals surface area contributed by atoms with Gasteiger partial charge in [-0.1, -0.05) is 6.42 Å². The lowest BCUT2D eigenvalue weighted by atomic mass is 10.0. The standard InChI is InChI=1S/C16H22F2N2O/c1-11(2)20(10-13-5-3-4-8-19-13)16(21)14-9-12(17)6-7-15(14)18/h6-7,9,11,13,19H,3-5,8,10H2,1-2H3. The Morgan fingerprint density at radius 3 is 2.76 bits per heavy atom. The SMILES string of the molecule is CC(C)N(CC1CCCCN1)C(=O)c1cc(F)ccc1F. The van der Waals surface area contributed by atoms with Gasteiger partial charge < -0.3 is 10.2 Å². The van der Waals surface area contributed by atoms with Crippen LogP contribution in [0.25, 0.3) is 0 Å². The van der Waals surface area contributed by atoms with E-state index in [9.17, 15) is 13.6 Å². The predicted octanol–water partition coefficient (Wildman–Crippen LogP) is 2.96. The van der Waals surface area contributed by atoms with Crippen LogP contribution in [-0.2, 0) is 0 Å². The molecule has 1 heterocycles. The van der Waals surface area contributed by atoms with Crippen molar-refractivity contribution in [2.45, 2.75) is 45.2 Å². The number of hydrogen-bond acceptors (Lipinski definition) is 2. The molecule has 1 aromatic carbocycles. The van der Waals surface area contributed by atoms with Gasteiger partial charge >= 0.3 is 0 Å². The fourth-order valence-corrected chi connectivity index (χ4v) is 2.66. The maximum atomic E-state index is 13.8. The van der Waals surface area contributed by atoms with Gasteiger partial charge in [0.25, 0.3) is 5.91 Å². The number of piperidine rings is 1. The quantitative estimate of drug-likeness (QED) is 0.926. The molecule has 1 amide bonds. The highest BCUT2D eigenvalue weighted by atomic mass is 19.1. The molecule has 1 aliphatic heterocycles. The maximum absolute atomic E-state index is 13.8. The second-order valence-electron chi connectivity index (χ2n) is 5.82. The van der Waals surface area contributed by atoms with Crippen molar-refractivity contribution in [1.29, 1.82) is 0 Å². The number of nitrogens with zero attached hydrogens (tertiary/aromatic N) is 1. The lowest BCUT2D eigenvalue weighted by Gasteiger charge is -2.33. The van der Waals surface area contributed by atoms with Crippen LogP contribution in [0.4, 0.5) is 8.78 Å². The van der Waals surface area contributed by atoms with Crippen LogP contribution in [0.5, 0.6) is 0 Å². The van der Waals surface area contributed by atoms with E-state index in [4.69, 9.17) is 0 Å². The fraction of sp³-hybridized carbons (Fsp3) is 0.562. The van der Waals surface area contributed by atoms with Crippen LogP contribution in [0.15, 0.2) is 18.2 Å².